The summed E-state index contributed by atoms with van der Waals surface area (Å²) in [5, 5.41) is 0. The van der Waals surface area contributed by atoms with Crippen LogP contribution in [0.1, 0.15) is 18.1 Å². The summed E-state index contributed by atoms with van der Waals surface area (Å²) < 4.78 is 4.85. The van der Waals surface area contributed by atoms with Crippen LogP contribution >= 0.6 is 0 Å². The lowest BCUT2D eigenvalue weighted by Crippen LogP contribution is -2.09. The third kappa shape index (κ3) is 2.76. The molecule has 0 amide bonds. The summed E-state index contributed by atoms with van der Waals surface area (Å²) in [7, 11) is 0. The summed E-state index contributed by atoms with van der Waals surface area (Å²) in [6.07, 6.45) is 0.251. The molecule has 3 heteroatoms. The number of hydrogen-bond acceptors (Lipinski definition) is 3. The van der Waals surface area contributed by atoms with Gasteiger partial charge in [0.15, 0.2) is 0 Å². The summed E-state index contributed by atoms with van der Waals surface area (Å²) >= 11 is 0. The van der Waals surface area contributed by atoms with Crippen LogP contribution in [0.3, 0.4) is 0 Å². The number of carbonyl (C=O) groups is 1. The molecule has 1 aromatic carbocycles. The van der Waals surface area contributed by atoms with Gasteiger partial charge in [-0.3, -0.25) is 4.79 Å². The second kappa shape index (κ2) is 4.65. The predicted molar refractivity (Wildman–Crippen MR) is 55.9 cm³/mol. The number of rotatable bonds is 3. The highest BCUT2D eigenvalue weighted by Gasteiger charge is 2.06. The number of hydrogen-bond donors (Lipinski definition) is 1. The van der Waals surface area contributed by atoms with Gasteiger partial charge in [0.25, 0.3) is 0 Å². The van der Waals surface area contributed by atoms with Gasteiger partial charge in [-0.05, 0) is 25.5 Å². The molecule has 0 bridgehead atoms. The quantitative estimate of drug-likeness (QED) is 0.587. The molecule has 76 valence electrons. The largest absolute Gasteiger partial charge is 0.466 e. The first-order valence-corrected chi connectivity index (χ1v) is 4.64. The van der Waals surface area contributed by atoms with E-state index in [-0.39, 0.29) is 12.4 Å². The van der Waals surface area contributed by atoms with Crippen LogP contribution in [0.2, 0.25) is 0 Å². The summed E-state index contributed by atoms with van der Waals surface area (Å²) in [6, 6.07) is 5.64. The van der Waals surface area contributed by atoms with Gasteiger partial charge >= 0.3 is 5.97 Å². The Balaban J connectivity index is 2.75. The number of carbonyl (C=O) groups excluding carboxylic acids is 1. The van der Waals surface area contributed by atoms with Crippen LogP contribution in [0.25, 0.3) is 0 Å². The van der Waals surface area contributed by atoms with Gasteiger partial charge in [0, 0.05) is 5.69 Å². The Morgan fingerprint density at radius 1 is 1.50 bits per heavy atom. The second-order valence-electron chi connectivity index (χ2n) is 3.18. The maximum Gasteiger partial charge on any atom is 0.310 e. The van der Waals surface area contributed by atoms with E-state index in [9.17, 15) is 4.79 Å². The summed E-state index contributed by atoms with van der Waals surface area (Å²) in [5.74, 6) is -0.232. The monoisotopic (exact) mass is 193 g/mol. The molecule has 14 heavy (non-hydrogen) atoms. The van der Waals surface area contributed by atoms with Crippen molar-refractivity contribution in [1.29, 1.82) is 0 Å². The molecule has 0 unspecified atom stereocenters. The van der Waals surface area contributed by atoms with Crippen LogP contribution in [0, 0.1) is 6.92 Å². The third-order valence-electron chi connectivity index (χ3n) is 1.94. The highest BCUT2D eigenvalue weighted by atomic mass is 16.5. The Hall–Kier alpha value is -1.51. The molecule has 0 heterocycles. The molecule has 0 aromatic heterocycles. The molecule has 1 rings (SSSR count). The molecule has 0 atom stereocenters. The summed E-state index contributed by atoms with van der Waals surface area (Å²) in [4.78, 5) is 11.2. The lowest BCUT2D eigenvalue weighted by atomic mass is 10.1. The molecule has 0 radical (unpaired) electrons. The number of aryl methyl sites for hydroxylation is 1. The number of benzene rings is 1. The second-order valence-corrected chi connectivity index (χ2v) is 3.18. The molecule has 0 aliphatic carbocycles. The number of esters is 1. The fraction of sp³-hybridized carbons (Fsp3) is 0.364. The first kappa shape index (κ1) is 10.6. The fourth-order valence-corrected chi connectivity index (χ4v) is 1.26. The highest BCUT2D eigenvalue weighted by molar-refractivity contribution is 5.75. The van der Waals surface area contributed by atoms with Crippen LogP contribution in [-0.2, 0) is 16.0 Å². The van der Waals surface area contributed by atoms with Crippen LogP contribution in [0.15, 0.2) is 18.2 Å². The van der Waals surface area contributed by atoms with Crippen molar-refractivity contribution >= 4 is 11.7 Å². The van der Waals surface area contributed by atoms with Gasteiger partial charge in [-0.2, -0.15) is 0 Å². The number of anilines is 1. The predicted octanol–water partition coefficient (Wildman–Crippen LogP) is 1.68. The lowest BCUT2D eigenvalue weighted by molar-refractivity contribution is -0.142. The van der Waals surface area contributed by atoms with Crippen molar-refractivity contribution in [2.45, 2.75) is 20.3 Å². The Kier molecular flexibility index (Phi) is 3.51. The molecule has 2 N–H and O–H groups in total. The van der Waals surface area contributed by atoms with Gasteiger partial charge in [0.2, 0.25) is 0 Å². The van der Waals surface area contributed by atoms with Gasteiger partial charge in [0.05, 0.1) is 13.0 Å². The fourth-order valence-electron chi connectivity index (χ4n) is 1.26. The minimum Gasteiger partial charge on any atom is -0.466 e. The Bertz CT molecular complexity index is 334. The van der Waals surface area contributed by atoms with Gasteiger partial charge in [-0.25, -0.2) is 0 Å². The number of nitrogen functional groups attached to an aromatic ring is 1. The van der Waals surface area contributed by atoms with E-state index in [1.54, 1.807) is 6.92 Å². The van der Waals surface area contributed by atoms with E-state index in [1.807, 2.05) is 25.1 Å². The van der Waals surface area contributed by atoms with Crippen molar-refractivity contribution in [3.05, 3.63) is 29.3 Å². The van der Waals surface area contributed by atoms with Crippen molar-refractivity contribution in [1.82, 2.24) is 0 Å². The highest BCUT2D eigenvalue weighted by Crippen LogP contribution is 2.14. The molecule has 3 nitrogen and oxygen atoms in total. The normalized spacial score (nSPS) is 9.86. The van der Waals surface area contributed by atoms with Crippen LogP contribution < -0.4 is 5.73 Å². The van der Waals surface area contributed by atoms with Crippen LogP contribution in [0.4, 0.5) is 5.69 Å². The van der Waals surface area contributed by atoms with Gasteiger partial charge < -0.3 is 10.5 Å². The van der Waals surface area contributed by atoms with Crippen molar-refractivity contribution < 1.29 is 9.53 Å². The SMILES string of the molecule is CCOC(=O)Cc1cc(C)ccc1N. The first-order chi connectivity index (χ1) is 6.63. The summed E-state index contributed by atoms with van der Waals surface area (Å²) in [5.41, 5.74) is 8.30. The van der Waals surface area contributed by atoms with Crippen molar-refractivity contribution in [3.8, 4) is 0 Å². The van der Waals surface area contributed by atoms with Crippen LogP contribution in [-0.4, -0.2) is 12.6 Å². The molecule has 1 aromatic rings. The van der Waals surface area contributed by atoms with Crippen molar-refractivity contribution in [2.24, 2.45) is 0 Å². The molecule has 0 aliphatic rings. The zero-order valence-electron chi connectivity index (χ0n) is 8.54. The minimum atomic E-state index is -0.232. The Morgan fingerprint density at radius 2 is 2.21 bits per heavy atom. The average molecular weight is 193 g/mol. The standard InChI is InChI=1S/C11H15NO2/c1-3-14-11(13)7-9-6-8(2)4-5-10(9)12/h4-6H,3,7,12H2,1-2H3. The van der Waals surface area contributed by atoms with Gasteiger partial charge in [-0.1, -0.05) is 17.7 Å². The Labute approximate surface area is 83.9 Å². The maximum absolute atomic E-state index is 11.2. The van der Waals surface area contributed by atoms with Gasteiger partial charge in [0.1, 0.15) is 0 Å². The molecular weight excluding hydrogens is 178 g/mol. The van der Waals surface area contributed by atoms with E-state index in [0.29, 0.717) is 12.3 Å². The topological polar surface area (TPSA) is 52.3 Å². The van der Waals surface area contributed by atoms with E-state index < -0.39 is 0 Å². The lowest BCUT2D eigenvalue weighted by Gasteiger charge is -2.06. The van der Waals surface area contributed by atoms with E-state index in [4.69, 9.17) is 10.5 Å². The van der Waals surface area contributed by atoms with E-state index in [2.05, 4.69) is 0 Å². The number of nitrogens with two attached hydrogens (primary N) is 1. The molecule has 0 saturated heterocycles. The molecule has 0 spiro atoms. The molecule has 0 saturated carbocycles. The minimum absolute atomic E-state index is 0.232. The smallest absolute Gasteiger partial charge is 0.310 e. The zero-order chi connectivity index (χ0) is 10.6. The van der Waals surface area contributed by atoms with Crippen molar-refractivity contribution in [2.75, 3.05) is 12.3 Å². The van der Waals surface area contributed by atoms with E-state index in [1.165, 1.54) is 0 Å². The third-order valence-corrected chi connectivity index (χ3v) is 1.94. The Morgan fingerprint density at radius 3 is 2.86 bits per heavy atom. The van der Waals surface area contributed by atoms with E-state index >= 15 is 0 Å². The first-order valence-electron chi connectivity index (χ1n) is 4.64. The molecular formula is C11H15NO2. The number of ether oxygens (including phenoxy) is 1. The van der Waals surface area contributed by atoms with Crippen molar-refractivity contribution in [3.63, 3.8) is 0 Å². The molecule has 0 aliphatic heterocycles. The maximum atomic E-state index is 11.2. The van der Waals surface area contributed by atoms with Gasteiger partial charge in [-0.15, -0.1) is 0 Å². The van der Waals surface area contributed by atoms with E-state index in [0.717, 1.165) is 11.1 Å². The van der Waals surface area contributed by atoms with Crippen LogP contribution in [0.5, 0.6) is 0 Å². The zero-order valence-corrected chi connectivity index (χ0v) is 8.54. The summed E-state index contributed by atoms with van der Waals surface area (Å²) in [6.45, 7) is 4.16. The molecule has 0 fully saturated rings. The average Bonchev–Trinajstić information content (AvgIpc) is 2.12.